The maximum Gasteiger partial charge on any atom is 0.0949 e. The van der Waals surface area contributed by atoms with E-state index < -0.39 is 0 Å². The molecule has 0 radical (unpaired) electrons. The fourth-order valence-electron chi connectivity index (χ4n) is 1.68. The average Bonchev–Trinajstić information content (AvgIpc) is 2.25. The third-order valence-electron chi connectivity index (χ3n) is 2.76. The Hall–Kier alpha value is -0.860. The van der Waals surface area contributed by atoms with Crippen LogP contribution in [0.5, 0.6) is 0 Å². The van der Waals surface area contributed by atoms with Crippen LogP contribution in [0.3, 0.4) is 0 Å². The summed E-state index contributed by atoms with van der Waals surface area (Å²) in [5, 5.41) is 0. The van der Waals surface area contributed by atoms with Gasteiger partial charge in [0.15, 0.2) is 0 Å². The first kappa shape index (κ1) is 13.2. The fraction of sp³-hybridized carbons (Fsp3) is 0.571. The van der Waals surface area contributed by atoms with Crippen LogP contribution >= 0.6 is 0 Å². The van der Waals surface area contributed by atoms with Gasteiger partial charge in [-0.2, -0.15) is 0 Å². The molecule has 1 aromatic carbocycles. The van der Waals surface area contributed by atoms with Crippen molar-refractivity contribution in [2.45, 2.75) is 33.3 Å². The molecule has 2 nitrogen and oxygen atoms in total. The number of ether oxygens (including phenoxy) is 1. The molecule has 1 rings (SSSR count). The van der Waals surface area contributed by atoms with Crippen molar-refractivity contribution >= 4 is 0 Å². The van der Waals surface area contributed by atoms with E-state index in [0.29, 0.717) is 12.5 Å². The van der Waals surface area contributed by atoms with E-state index in [0.717, 1.165) is 13.0 Å². The molecule has 1 atom stereocenters. The summed E-state index contributed by atoms with van der Waals surface area (Å²) < 4.78 is 5.84. The van der Waals surface area contributed by atoms with Crippen LogP contribution in [-0.4, -0.2) is 13.2 Å². The third-order valence-corrected chi connectivity index (χ3v) is 2.76. The van der Waals surface area contributed by atoms with Gasteiger partial charge >= 0.3 is 0 Å². The molecule has 0 saturated heterocycles. The van der Waals surface area contributed by atoms with Gasteiger partial charge < -0.3 is 10.5 Å². The quantitative estimate of drug-likeness (QED) is 0.801. The van der Waals surface area contributed by atoms with Gasteiger partial charge in [0.25, 0.3) is 0 Å². The summed E-state index contributed by atoms with van der Waals surface area (Å²) in [6, 6.07) is 8.28. The van der Waals surface area contributed by atoms with Crippen LogP contribution in [0.1, 0.15) is 37.5 Å². The molecule has 0 fully saturated rings. The Kier molecular flexibility index (Phi) is 5.50. The van der Waals surface area contributed by atoms with Gasteiger partial charge in [0.05, 0.1) is 6.10 Å². The van der Waals surface area contributed by atoms with Gasteiger partial charge in [-0.1, -0.05) is 38.1 Å². The van der Waals surface area contributed by atoms with Crippen molar-refractivity contribution in [1.82, 2.24) is 0 Å². The number of benzene rings is 1. The van der Waals surface area contributed by atoms with Gasteiger partial charge in [-0.25, -0.2) is 0 Å². The van der Waals surface area contributed by atoms with Crippen LogP contribution < -0.4 is 5.73 Å². The second-order valence-corrected chi connectivity index (χ2v) is 4.63. The molecule has 2 N–H and O–H groups in total. The van der Waals surface area contributed by atoms with E-state index in [9.17, 15) is 0 Å². The third kappa shape index (κ3) is 3.95. The van der Waals surface area contributed by atoms with Crippen LogP contribution in [0.2, 0.25) is 0 Å². The van der Waals surface area contributed by atoms with Gasteiger partial charge in [0.2, 0.25) is 0 Å². The van der Waals surface area contributed by atoms with Crippen LogP contribution in [0.4, 0.5) is 0 Å². The van der Waals surface area contributed by atoms with Gasteiger partial charge in [0.1, 0.15) is 0 Å². The number of hydrogen-bond donors (Lipinski definition) is 1. The summed E-state index contributed by atoms with van der Waals surface area (Å²) in [7, 11) is 0. The van der Waals surface area contributed by atoms with Crippen molar-refractivity contribution in [3.8, 4) is 0 Å². The molecule has 0 aliphatic heterocycles. The van der Waals surface area contributed by atoms with Crippen LogP contribution in [0.15, 0.2) is 24.3 Å². The van der Waals surface area contributed by atoms with E-state index in [1.54, 1.807) is 0 Å². The minimum atomic E-state index is 0.0416. The topological polar surface area (TPSA) is 35.2 Å². The van der Waals surface area contributed by atoms with Gasteiger partial charge in [-0.05, 0) is 30.4 Å². The van der Waals surface area contributed by atoms with Crippen molar-refractivity contribution < 1.29 is 4.74 Å². The molecular formula is C14H23NO. The molecule has 2 heteroatoms. The minimum Gasteiger partial charge on any atom is -0.372 e. The monoisotopic (exact) mass is 221 g/mol. The zero-order valence-corrected chi connectivity index (χ0v) is 10.6. The van der Waals surface area contributed by atoms with Gasteiger partial charge in [-0.3, -0.25) is 0 Å². The largest absolute Gasteiger partial charge is 0.372 e. The Morgan fingerprint density at radius 2 is 1.94 bits per heavy atom. The first-order valence-corrected chi connectivity index (χ1v) is 6.02. The van der Waals surface area contributed by atoms with E-state index in [1.807, 2.05) is 12.1 Å². The van der Waals surface area contributed by atoms with Crippen molar-refractivity contribution in [2.75, 3.05) is 13.2 Å². The SMILES string of the molecule is Cc1ccccc1C(CN)OCCC(C)C. The van der Waals surface area contributed by atoms with Crippen LogP contribution in [-0.2, 0) is 4.74 Å². The zero-order chi connectivity index (χ0) is 12.0. The smallest absolute Gasteiger partial charge is 0.0949 e. The summed E-state index contributed by atoms with van der Waals surface area (Å²) in [4.78, 5) is 0. The van der Waals surface area contributed by atoms with Crippen molar-refractivity contribution in [3.05, 3.63) is 35.4 Å². The Morgan fingerprint density at radius 1 is 1.25 bits per heavy atom. The first-order valence-electron chi connectivity index (χ1n) is 6.02. The molecule has 1 aromatic rings. The molecule has 0 bridgehead atoms. The summed E-state index contributed by atoms with van der Waals surface area (Å²) >= 11 is 0. The van der Waals surface area contributed by atoms with Crippen molar-refractivity contribution in [1.29, 1.82) is 0 Å². The maximum atomic E-state index is 5.84. The number of rotatable bonds is 6. The van der Waals surface area contributed by atoms with E-state index >= 15 is 0 Å². The summed E-state index contributed by atoms with van der Waals surface area (Å²) in [5.41, 5.74) is 8.23. The zero-order valence-electron chi connectivity index (χ0n) is 10.6. The summed E-state index contributed by atoms with van der Waals surface area (Å²) in [5.74, 6) is 0.676. The summed E-state index contributed by atoms with van der Waals surface area (Å²) in [6.07, 6.45) is 1.13. The number of aryl methyl sites for hydroxylation is 1. The van der Waals surface area contributed by atoms with Crippen molar-refractivity contribution in [2.24, 2.45) is 11.7 Å². The van der Waals surface area contributed by atoms with E-state index in [-0.39, 0.29) is 6.10 Å². The molecule has 0 amide bonds. The molecule has 90 valence electrons. The lowest BCUT2D eigenvalue weighted by molar-refractivity contribution is 0.0511. The molecule has 16 heavy (non-hydrogen) atoms. The molecule has 0 aliphatic carbocycles. The molecule has 0 spiro atoms. The molecule has 0 aliphatic rings. The van der Waals surface area contributed by atoms with E-state index in [1.165, 1.54) is 11.1 Å². The highest BCUT2D eigenvalue weighted by Crippen LogP contribution is 2.20. The molecule has 0 aromatic heterocycles. The van der Waals surface area contributed by atoms with Gasteiger partial charge in [-0.15, -0.1) is 0 Å². The number of hydrogen-bond acceptors (Lipinski definition) is 2. The minimum absolute atomic E-state index is 0.0416. The Bertz CT molecular complexity index is 309. The van der Waals surface area contributed by atoms with E-state index in [4.69, 9.17) is 10.5 Å². The lowest BCUT2D eigenvalue weighted by Crippen LogP contribution is -2.17. The second kappa shape index (κ2) is 6.66. The van der Waals surface area contributed by atoms with Gasteiger partial charge in [0, 0.05) is 13.2 Å². The lowest BCUT2D eigenvalue weighted by Gasteiger charge is -2.19. The molecule has 0 heterocycles. The molecule has 1 unspecified atom stereocenters. The summed E-state index contributed by atoms with van der Waals surface area (Å²) in [6.45, 7) is 7.84. The van der Waals surface area contributed by atoms with Crippen LogP contribution in [0.25, 0.3) is 0 Å². The Labute approximate surface area is 98.8 Å². The highest BCUT2D eigenvalue weighted by Gasteiger charge is 2.11. The fourth-order valence-corrected chi connectivity index (χ4v) is 1.68. The highest BCUT2D eigenvalue weighted by molar-refractivity contribution is 5.27. The van der Waals surface area contributed by atoms with Crippen LogP contribution in [0, 0.1) is 12.8 Å². The van der Waals surface area contributed by atoms with E-state index in [2.05, 4.69) is 32.9 Å². The predicted molar refractivity (Wildman–Crippen MR) is 68.4 cm³/mol. The second-order valence-electron chi connectivity index (χ2n) is 4.63. The highest BCUT2D eigenvalue weighted by atomic mass is 16.5. The molecular weight excluding hydrogens is 198 g/mol. The lowest BCUT2D eigenvalue weighted by atomic mass is 10.0. The Balaban J connectivity index is 2.57. The predicted octanol–water partition coefficient (Wildman–Crippen LogP) is 3.06. The average molecular weight is 221 g/mol. The maximum absolute atomic E-state index is 5.84. The standard InChI is InChI=1S/C14H23NO/c1-11(2)8-9-16-14(10-15)13-7-5-4-6-12(13)3/h4-7,11,14H,8-10,15H2,1-3H3. The molecule has 0 saturated carbocycles. The normalized spacial score (nSPS) is 13.1. The Morgan fingerprint density at radius 3 is 2.50 bits per heavy atom. The first-order chi connectivity index (χ1) is 7.65. The van der Waals surface area contributed by atoms with Crippen molar-refractivity contribution in [3.63, 3.8) is 0 Å². The number of nitrogens with two attached hydrogens (primary N) is 1.